The van der Waals surface area contributed by atoms with E-state index < -0.39 is 0 Å². The molecule has 2 aliphatic heterocycles. The third kappa shape index (κ3) is 6.34. The Labute approximate surface area is 194 Å². The van der Waals surface area contributed by atoms with Gasteiger partial charge in [-0.05, 0) is 32.3 Å². The zero-order valence-electron chi connectivity index (χ0n) is 19.1. The van der Waals surface area contributed by atoms with Crippen LogP contribution in [0.4, 0.5) is 0 Å². The number of nitrogens with zero attached hydrogens (tertiary/aromatic N) is 3. The Bertz CT molecular complexity index is 883. The Morgan fingerprint density at radius 3 is 2.78 bits per heavy atom. The number of benzene rings is 1. The number of aromatic nitrogens is 2. The quantitative estimate of drug-likeness (QED) is 0.583. The van der Waals surface area contributed by atoms with Gasteiger partial charge in [0.25, 0.3) is 0 Å². The lowest BCUT2D eigenvalue weighted by Crippen LogP contribution is -2.47. The molecule has 2 atom stereocenters. The van der Waals surface area contributed by atoms with Crippen LogP contribution in [0.3, 0.4) is 0 Å². The Morgan fingerprint density at radius 1 is 1.19 bits per heavy atom. The molecule has 1 aromatic carbocycles. The van der Waals surface area contributed by atoms with Gasteiger partial charge < -0.3 is 19.4 Å². The van der Waals surface area contributed by atoms with Crippen LogP contribution in [0.5, 0.6) is 0 Å². The van der Waals surface area contributed by atoms with Crippen molar-refractivity contribution in [1.82, 2.24) is 19.8 Å². The number of carbonyl (C=O) groups excluding carboxylic acids is 1. The molecule has 32 heavy (non-hydrogen) atoms. The lowest BCUT2D eigenvalue weighted by atomic mass is 10.2. The SMILES string of the molecule is Cc1nc(SCC(=O)NC[C@H]2CN(Cc3ccccc3)CCO2)n(C[C@@H]2CCCO2)c1C. The predicted molar refractivity (Wildman–Crippen MR) is 126 cm³/mol. The van der Waals surface area contributed by atoms with Crippen molar-refractivity contribution in [2.45, 2.75) is 57.1 Å². The molecule has 0 bridgehead atoms. The van der Waals surface area contributed by atoms with Crippen LogP contribution in [-0.2, 0) is 27.4 Å². The molecule has 1 N–H and O–H groups in total. The first-order valence-corrected chi connectivity index (χ1v) is 12.5. The molecule has 3 heterocycles. The number of amides is 1. The second-order valence-corrected chi connectivity index (χ2v) is 9.56. The summed E-state index contributed by atoms with van der Waals surface area (Å²) < 4.78 is 13.9. The lowest BCUT2D eigenvalue weighted by molar-refractivity contribution is -0.119. The molecule has 0 spiro atoms. The molecule has 1 amide bonds. The van der Waals surface area contributed by atoms with Crippen LogP contribution in [0.2, 0.25) is 0 Å². The van der Waals surface area contributed by atoms with Crippen molar-refractivity contribution < 1.29 is 14.3 Å². The molecule has 1 aromatic heterocycles. The highest BCUT2D eigenvalue weighted by Crippen LogP contribution is 2.24. The average molecular weight is 459 g/mol. The number of nitrogens with one attached hydrogen (secondary N) is 1. The molecule has 2 aromatic rings. The van der Waals surface area contributed by atoms with E-state index in [1.807, 2.05) is 13.0 Å². The fourth-order valence-corrected chi connectivity index (χ4v) is 5.17. The molecule has 0 aliphatic carbocycles. The molecule has 2 aliphatic rings. The summed E-state index contributed by atoms with van der Waals surface area (Å²) in [5.41, 5.74) is 3.47. The standard InChI is InChI=1S/C24H34N4O3S/c1-18-19(2)28(16-21-9-6-11-30-21)24(26-18)32-17-23(29)25-13-22-15-27(10-12-31-22)14-20-7-4-3-5-8-20/h3-5,7-8,21-22H,6,9-17H2,1-2H3,(H,25,29)/t21-,22-/m0/s1. The van der Waals surface area contributed by atoms with Crippen LogP contribution in [0, 0.1) is 13.8 Å². The summed E-state index contributed by atoms with van der Waals surface area (Å²) in [6.07, 6.45) is 2.48. The maximum Gasteiger partial charge on any atom is 0.230 e. The zero-order chi connectivity index (χ0) is 22.3. The zero-order valence-corrected chi connectivity index (χ0v) is 19.9. The average Bonchev–Trinajstić information content (AvgIpc) is 3.41. The van der Waals surface area contributed by atoms with E-state index in [4.69, 9.17) is 9.47 Å². The van der Waals surface area contributed by atoms with Gasteiger partial charge in [0.2, 0.25) is 5.91 Å². The summed E-state index contributed by atoms with van der Waals surface area (Å²) in [7, 11) is 0. The van der Waals surface area contributed by atoms with Gasteiger partial charge in [0, 0.05) is 38.5 Å². The highest BCUT2D eigenvalue weighted by atomic mass is 32.2. The fourth-order valence-electron chi connectivity index (χ4n) is 4.24. The second-order valence-electron chi connectivity index (χ2n) is 8.62. The van der Waals surface area contributed by atoms with Gasteiger partial charge >= 0.3 is 0 Å². The van der Waals surface area contributed by atoms with E-state index in [2.05, 4.69) is 51.0 Å². The maximum absolute atomic E-state index is 12.5. The summed E-state index contributed by atoms with van der Waals surface area (Å²) >= 11 is 1.50. The lowest BCUT2D eigenvalue weighted by Gasteiger charge is -2.33. The molecule has 8 heteroatoms. The molecule has 0 radical (unpaired) electrons. The van der Waals surface area contributed by atoms with Crippen molar-refractivity contribution in [1.29, 1.82) is 0 Å². The number of carbonyl (C=O) groups is 1. The van der Waals surface area contributed by atoms with Gasteiger partial charge in [-0.3, -0.25) is 9.69 Å². The van der Waals surface area contributed by atoms with Crippen molar-refractivity contribution in [3.05, 3.63) is 47.3 Å². The highest BCUT2D eigenvalue weighted by molar-refractivity contribution is 7.99. The number of hydrogen-bond acceptors (Lipinski definition) is 6. The monoisotopic (exact) mass is 458 g/mol. The Hall–Kier alpha value is -1.87. The van der Waals surface area contributed by atoms with Crippen LogP contribution in [0.25, 0.3) is 0 Å². The molecule has 7 nitrogen and oxygen atoms in total. The molecule has 0 saturated carbocycles. The molecular weight excluding hydrogens is 424 g/mol. The molecule has 2 saturated heterocycles. The summed E-state index contributed by atoms with van der Waals surface area (Å²) in [6.45, 7) is 9.65. The van der Waals surface area contributed by atoms with E-state index in [0.29, 0.717) is 18.9 Å². The van der Waals surface area contributed by atoms with E-state index in [0.717, 1.165) is 62.2 Å². The van der Waals surface area contributed by atoms with Crippen LogP contribution in [-0.4, -0.2) is 71.2 Å². The number of ether oxygens (including phenoxy) is 2. The normalized spacial score (nSPS) is 21.7. The van der Waals surface area contributed by atoms with Gasteiger partial charge in [-0.1, -0.05) is 42.1 Å². The first-order chi connectivity index (χ1) is 15.6. The van der Waals surface area contributed by atoms with Crippen molar-refractivity contribution >= 4 is 17.7 Å². The first-order valence-electron chi connectivity index (χ1n) is 11.5. The number of rotatable bonds is 9. The number of thioether (sulfide) groups is 1. The molecule has 174 valence electrons. The van der Waals surface area contributed by atoms with E-state index in [-0.39, 0.29) is 18.1 Å². The van der Waals surface area contributed by atoms with E-state index in [1.165, 1.54) is 17.3 Å². The molecule has 4 rings (SSSR count). The molecular formula is C24H34N4O3S. The van der Waals surface area contributed by atoms with Crippen molar-refractivity contribution in [2.24, 2.45) is 0 Å². The highest BCUT2D eigenvalue weighted by Gasteiger charge is 2.23. The summed E-state index contributed by atoms with van der Waals surface area (Å²) in [6, 6.07) is 10.5. The summed E-state index contributed by atoms with van der Waals surface area (Å²) in [4.78, 5) is 19.6. The van der Waals surface area contributed by atoms with Crippen LogP contribution in [0.15, 0.2) is 35.5 Å². The van der Waals surface area contributed by atoms with Crippen molar-refractivity contribution in [3.63, 3.8) is 0 Å². The van der Waals surface area contributed by atoms with Crippen LogP contribution < -0.4 is 5.32 Å². The van der Waals surface area contributed by atoms with Gasteiger partial charge in [-0.25, -0.2) is 4.98 Å². The number of imidazole rings is 1. The van der Waals surface area contributed by atoms with Gasteiger partial charge in [0.1, 0.15) is 0 Å². The predicted octanol–water partition coefficient (Wildman–Crippen LogP) is 2.79. The molecule has 0 unspecified atom stereocenters. The van der Waals surface area contributed by atoms with Gasteiger partial charge in [-0.15, -0.1) is 0 Å². The van der Waals surface area contributed by atoms with Gasteiger partial charge in [0.15, 0.2) is 5.16 Å². The third-order valence-electron chi connectivity index (χ3n) is 6.16. The number of morpholine rings is 1. The van der Waals surface area contributed by atoms with Gasteiger partial charge in [-0.2, -0.15) is 0 Å². The van der Waals surface area contributed by atoms with E-state index in [1.54, 1.807) is 0 Å². The topological polar surface area (TPSA) is 68.6 Å². The minimum atomic E-state index is 0.0146. The number of aryl methyl sites for hydroxylation is 1. The third-order valence-corrected chi connectivity index (χ3v) is 7.14. The largest absolute Gasteiger partial charge is 0.376 e. The first kappa shape index (κ1) is 23.3. The minimum Gasteiger partial charge on any atom is -0.376 e. The Kier molecular flexibility index (Phi) is 8.24. The van der Waals surface area contributed by atoms with E-state index >= 15 is 0 Å². The summed E-state index contributed by atoms with van der Waals surface area (Å²) in [5.74, 6) is 0.364. The summed E-state index contributed by atoms with van der Waals surface area (Å²) in [5, 5.41) is 3.94. The maximum atomic E-state index is 12.5. The van der Waals surface area contributed by atoms with E-state index in [9.17, 15) is 4.79 Å². The smallest absolute Gasteiger partial charge is 0.230 e. The van der Waals surface area contributed by atoms with Crippen LogP contribution >= 0.6 is 11.8 Å². The van der Waals surface area contributed by atoms with Crippen molar-refractivity contribution in [3.8, 4) is 0 Å². The minimum absolute atomic E-state index is 0.0146. The second kappa shape index (κ2) is 11.3. The number of hydrogen-bond donors (Lipinski definition) is 1. The van der Waals surface area contributed by atoms with Crippen molar-refractivity contribution in [2.75, 3.05) is 38.6 Å². The Balaban J connectivity index is 1.22. The van der Waals surface area contributed by atoms with Crippen LogP contribution in [0.1, 0.15) is 29.8 Å². The molecule has 2 fully saturated rings. The van der Waals surface area contributed by atoms with Gasteiger partial charge in [0.05, 0.1) is 36.8 Å². The Morgan fingerprint density at radius 2 is 2.00 bits per heavy atom. The fraction of sp³-hybridized carbons (Fsp3) is 0.583.